The van der Waals surface area contributed by atoms with Gasteiger partial charge in [-0.25, -0.2) is 9.37 Å². The summed E-state index contributed by atoms with van der Waals surface area (Å²) in [6.07, 6.45) is 0.923. The van der Waals surface area contributed by atoms with Gasteiger partial charge in [-0.15, -0.1) is 11.3 Å². The number of aryl methyl sites for hydroxylation is 2. The Morgan fingerprint density at radius 3 is 2.62 bits per heavy atom. The van der Waals surface area contributed by atoms with E-state index < -0.39 is 5.82 Å². The molecule has 29 heavy (non-hydrogen) atoms. The van der Waals surface area contributed by atoms with Crippen LogP contribution < -0.4 is 5.32 Å². The minimum atomic E-state index is -0.497. The van der Waals surface area contributed by atoms with Gasteiger partial charge in [0.1, 0.15) is 16.5 Å². The van der Waals surface area contributed by atoms with Crippen molar-refractivity contribution in [1.29, 1.82) is 0 Å². The zero-order valence-electron chi connectivity index (χ0n) is 17.2. The number of aromatic nitrogens is 2. The molecule has 2 N–H and O–H groups in total. The molecule has 7 heteroatoms. The summed E-state index contributed by atoms with van der Waals surface area (Å²) in [4.78, 5) is 22.0. The Kier molecular flexibility index (Phi) is 6.15. The molecule has 3 rings (SSSR count). The van der Waals surface area contributed by atoms with Crippen molar-refractivity contribution in [3.8, 4) is 11.3 Å². The maximum absolute atomic E-state index is 13.8. The number of benzene rings is 1. The monoisotopic (exact) mass is 433 g/mol. The Hall–Kier alpha value is -2.18. The molecule has 0 fully saturated rings. The van der Waals surface area contributed by atoms with Gasteiger partial charge < -0.3 is 10.3 Å². The molecule has 0 aliphatic rings. The molecule has 1 atom stereocenters. The van der Waals surface area contributed by atoms with Crippen LogP contribution in [-0.4, -0.2) is 15.9 Å². The largest absolute Gasteiger partial charge is 0.351 e. The lowest BCUT2D eigenvalue weighted by molar-refractivity contribution is 0.0897. The Labute approximate surface area is 179 Å². The van der Waals surface area contributed by atoms with Gasteiger partial charge in [0.25, 0.3) is 5.91 Å². The van der Waals surface area contributed by atoms with Crippen LogP contribution in [0.1, 0.15) is 59.8 Å². The van der Waals surface area contributed by atoms with E-state index in [1.54, 1.807) is 29.5 Å². The molecule has 2 heterocycles. The van der Waals surface area contributed by atoms with E-state index in [4.69, 9.17) is 16.6 Å². The third kappa shape index (κ3) is 4.70. The molecule has 0 saturated carbocycles. The summed E-state index contributed by atoms with van der Waals surface area (Å²) in [5.41, 5.74) is 2.49. The molecule has 0 saturated heterocycles. The van der Waals surface area contributed by atoms with Crippen molar-refractivity contribution in [2.75, 3.05) is 0 Å². The number of H-pyrrole nitrogens is 1. The number of hydrogen-bond acceptors (Lipinski definition) is 3. The lowest BCUT2D eigenvalue weighted by atomic mass is 9.87. The lowest BCUT2D eigenvalue weighted by Gasteiger charge is -2.29. The fraction of sp³-hybridized carbons (Fsp3) is 0.364. The summed E-state index contributed by atoms with van der Waals surface area (Å²) >= 11 is 7.40. The highest BCUT2D eigenvalue weighted by Crippen LogP contribution is 2.36. The van der Waals surface area contributed by atoms with Crippen LogP contribution in [0, 0.1) is 18.2 Å². The summed E-state index contributed by atoms with van der Waals surface area (Å²) in [5, 5.41) is 4.10. The smallest absolute Gasteiger partial charge is 0.268 e. The number of amides is 1. The average molecular weight is 434 g/mol. The van der Waals surface area contributed by atoms with Gasteiger partial charge in [0, 0.05) is 16.1 Å². The van der Waals surface area contributed by atoms with E-state index >= 15 is 0 Å². The van der Waals surface area contributed by atoms with E-state index in [1.165, 1.54) is 17.0 Å². The van der Waals surface area contributed by atoms with E-state index in [2.05, 4.69) is 38.0 Å². The molecular weight excluding hydrogens is 409 g/mol. The Morgan fingerprint density at radius 2 is 2.03 bits per heavy atom. The number of hydrogen-bond donors (Lipinski definition) is 2. The van der Waals surface area contributed by atoms with Crippen molar-refractivity contribution in [2.45, 2.75) is 47.1 Å². The van der Waals surface area contributed by atoms with Crippen molar-refractivity contribution in [3.63, 3.8) is 0 Å². The maximum Gasteiger partial charge on any atom is 0.268 e. The minimum absolute atomic E-state index is 0.0662. The van der Waals surface area contributed by atoms with Crippen LogP contribution in [0.15, 0.2) is 30.3 Å². The van der Waals surface area contributed by atoms with Crippen molar-refractivity contribution < 1.29 is 9.18 Å². The first kappa shape index (κ1) is 21.5. The maximum atomic E-state index is 13.8. The topological polar surface area (TPSA) is 57.8 Å². The fourth-order valence-electron chi connectivity index (χ4n) is 3.12. The molecule has 1 amide bonds. The van der Waals surface area contributed by atoms with Gasteiger partial charge in [-0.3, -0.25) is 4.79 Å². The number of carbonyl (C=O) groups excluding carboxylic acids is 1. The van der Waals surface area contributed by atoms with Gasteiger partial charge in [0.15, 0.2) is 0 Å². The predicted molar refractivity (Wildman–Crippen MR) is 117 cm³/mol. The van der Waals surface area contributed by atoms with Crippen molar-refractivity contribution in [3.05, 3.63) is 62.4 Å². The molecule has 1 aromatic carbocycles. The van der Waals surface area contributed by atoms with Crippen LogP contribution in [0.25, 0.3) is 11.3 Å². The molecule has 0 spiro atoms. The average Bonchev–Trinajstić information content (AvgIpc) is 3.27. The standard InChI is InChI=1S/C22H25ClFN3OS/c1-6-18-12(2)25-21(29-18)19(22(3,4)5)27-20(28)17-10-9-16(26-17)13-7-8-14(23)15(24)11-13/h7-11,19,26H,6H2,1-5H3,(H,27,28). The first-order valence-corrected chi connectivity index (χ1v) is 10.7. The van der Waals surface area contributed by atoms with E-state index in [9.17, 15) is 9.18 Å². The Balaban J connectivity index is 1.85. The second-order valence-corrected chi connectivity index (χ2v) is 9.62. The molecule has 1 unspecified atom stereocenters. The van der Waals surface area contributed by atoms with Crippen LogP contribution in [0.4, 0.5) is 4.39 Å². The predicted octanol–water partition coefficient (Wildman–Crippen LogP) is 6.32. The number of nitrogens with zero attached hydrogens (tertiary/aromatic N) is 1. The minimum Gasteiger partial charge on any atom is -0.351 e. The van der Waals surface area contributed by atoms with Crippen LogP contribution in [0.3, 0.4) is 0 Å². The summed E-state index contributed by atoms with van der Waals surface area (Å²) in [6.45, 7) is 10.3. The highest BCUT2D eigenvalue weighted by Gasteiger charge is 2.31. The normalized spacial score (nSPS) is 12.8. The molecule has 0 aliphatic carbocycles. The highest BCUT2D eigenvalue weighted by atomic mass is 35.5. The van der Waals surface area contributed by atoms with Crippen LogP contribution in [-0.2, 0) is 6.42 Å². The fourth-order valence-corrected chi connectivity index (χ4v) is 4.54. The molecule has 154 valence electrons. The van der Waals surface area contributed by atoms with Crippen LogP contribution in [0.2, 0.25) is 5.02 Å². The number of thiazole rings is 1. The van der Waals surface area contributed by atoms with E-state index in [0.717, 1.165) is 17.1 Å². The lowest BCUT2D eigenvalue weighted by Crippen LogP contribution is -2.36. The summed E-state index contributed by atoms with van der Waals surface area (Å²) < 4.78 is 13.8. The van der Waals surface area contributed by atoms with Crippen LogP contribution >= 0.6 is 22.9 Å². The summed E-state index contributed by atoms with van der Waals surface area (Å²) in [5.74, 6) is -0.722. The molecule has 0 aliphatic heterocycles. The first-order valence-electron chi connectivity index (χ1n) is 9.51. The molecular formula is C22H25ClFN3OS. The van der Waals surface area contributed by atoms with Gasteiger partial charge in [-0.2, -0.15) is 0 Å². The van der Waals surface area contributed by atoms with E-state index in [1.807, 2.05) is 6.92 Å². The first-order chi connectivity index (χ1) is 13.6. The van der Waals surface area contributed by atoms with Crippen molar-refractivity contribution >= 4 is 28.8 Å². The second kappa shape index (κ2) is 8.28. The van der Waals surface area contributed by atoms with Crippen LogP contribution in [0.5, 0.6) is 0 Å². The van der Waals surface area contributed by atoms with Gasteiger partial charge in [0.05, 0.1) is 16.8 Å². The second-order valence-electron chi connectivity index (χ2n) is 8.10. The SMILES string of the molecule is CCc1sc(C(NC(=O)c2ccc(-c3ccc(Cl)c(F)c3)[nH]2)C(C)(C)C)nc1C. The quantitative estimate of drug-likeness (QED) is 0.494. The molecule has 0 bridgehead atoms. The van der Waals surface area contributed by atoms with Gasteiger partial charge in [0.2, 0.25) is 0 Å². The third-order valence-electron chi connectivity index (χ3n) is 4.78. The number of nitrogens with one attached hydrogen (secondary N) is 2. The number of rotatable bonds is 5. The Bertz CT molecular complexity index is 1040. The van der Waals surface area contributed by atoms with Gasteiger partial charge in [-0.05, 0) is 43.0 Å². The molecule has 2 aromatic heterocycles. The van der Waals surface area contributed by atoms with E-state index in [0.29, 0.717) is 17.0 Å². The summed E-state index contributed by atoms with van der Waals surface area (Å²) in [6, 6.07) is 7.78. The van der Waals surface area contributed by atoms with Gasteiger partial charge >= 0.3 is 0 Å². The van der Waals surface area contributed by atoms with Crippen molar-refractivity contribution in [2.24, 2.45) is 5.41 Å². The Morgan fingerprint density at radius 1 is 1.31 bits per heavy atom. The number of carbonyl (C=O) groups is 1. The molecule has 0 radical (unpaired) electrons. The molecule has 4 nitrogen and oxygen atoms in total. The summed E-state index contributed by atoms with van der Waals surface area (Å²) in [7, 11) is 0. The zero-order valence-corrected chi connectivity index (χ0v) is 18.8. The number of aromatic amines is 1. The highest BCUT2D eigenvalue weighted by molar-refractivity contribution is 7.11. The molecule has 3 aromatic rings. The number of halogens is 2. The van der Waals surface area contributed by atoms with Crippen molar-refractivity contribution in [1.82, 2.24) is 15.3 Å². The van der Waals surface area contributed by atoms with Gasteiger partial charge in [-0.1, -0.05) is 45.4 Å². The zero-order chi connectivity index (χ0) is 21.3. The van der Waals surface area contributed by atoms with E-state index in [-0.39, 0.29) is 22.4 Å². The third-order valence-corrected chi connectivity index (χ3v) is 6.45.